The minimum absolute atomic E-state index is 0.00119. The van der Waals surface area contributed by atoms with E-state index in [2.05, 4.69) is 45.9 Å². The molecule has 0 bridgehead atoms. The third kappa shape index (κ3) is 5.12. The van der Waals surface area contributed by atoms with Gasteiger partial charge in [0.1, 0.15) is 10.7 Å². The molecule has 0 saturated carbocycles. The van der Waals surface area contributed by atoms with Crippen molar-refractivity contribution in [2.45, 2.75) is 25.3 Å². The maximum atomic E-state index is 13.0. The fourth-order valence-corrected chi connectivity index (χ4v) is 5.98. The lowest BCUT2D eigenvalue weighted by Crippen LogP contribution is -2.38. The summed E-state index contributed by atoms with van der Waals surface area (Å²) in [4.78, 5) is 16.9. The Morgan fingerprint density at radius 1 is 1.20 bits per heavy atom. The first kappa shape index (κ1) is 23.6. The van der Waals surface area contributed by atoms with Gasteiger partial charge >= 0.3 is 0 Å². The lowest BCUT2D eigenvalue weighted by atomic mass is 10.0. The highest BCUT2D eigenvalue weighted by Gasteiger charge is 2.41. The molecule has 1 unspecified atom stereocenters. The first-order valence-corrected chi connectivity index (χ1v) is 13.4. The molecular formula is C26H30N4O4S. The molecule has 1 aromatic carbocycles. The van der Waals surface area contributed by atoms with Crippen LogP contribution in [-0.2, 0) is 21.3 Å². The molecule has 5 rings (SSSR count). The largest absolute Gasteiger partial charge is 0.369 e. The molecule has 1 saturated heterocycles. The number of aryl methyl sites for hydroxylation is 1. The van der Waals surface area contributed by atoms with E-state index >= 15 is 0 Å². The SMILES string of the molecule is O=C(NCCC1=CCN(CCCc2ccccc2)C1)C1=CC2CNC3=CC=CC(=C1S(=O)(=O)O)N32. The van der Waals surface area contributed by atoms with Crippen molar-refractivity contribution in [3.63, 3.8) is 0 Å². The molecule has 1 fully saturated rings. The third-order valence-corrected chi connectivity index (χ3v) is 7.71. The number of carbonyl (C=O) groups is 1. The van der Waals surface area contributed by atoms with E-state index < -0.39 is 16.0 Å². The molecule has 1 aromatic rings. The van der Waals surface area contributed by atoms with Crippen molar-refractivity contribution >= 4 is 16.0 Å². The first-order chi connectivity index (χ1) is 16.9. The molecule has 0 radical (unpaired) electrons. The summed E-state index contributed by atoms with van der Waals surface area (Å²) in [6, 6.07) is 10.3. The van der Waals surface area contributed by atoms with Crippen LogP contribution in [0.2, 0.25) is 0 Å². The molecule has 1 atom stereocenters. The van der Waals surface area contributed by atoms with Gasteiger partial charge in [0, 0.05) is 26.2 Å². The number of rotatable bonds is 9. The van der Waals surface area contributed by atoms with Gasteiger partial charge in [0.2, 0.25) is 0 Å². The van der Waals surface area contributed by atoms with Gasteiger partial charge < -0.3 is 15.5 Å². The van der Waals surface area contributed by atoms with Crippen LogP contribution in [-0.4, -0.2) is 67.4 Å². The topological polar surface area (TPSA) is 102 Å². The van der Waals surface area contributed by atoms with Crippen LogP contribution in [0.1, 0.15) is 18.4 Å². The van der Waals surface area contributed by atoms with E-state index in [1.807, 2.05) is 12.1 Å². The van der Waals surface area contributed by atoms with E-state index in [0.717, 1.165) is 38.3 Å². The summed E-state index contributed by atoms with van der Waals surface area (Å²) in [5.74, 6) is 0.269. The van der Waals surface area contributed by atoms with E-state index in [0.29, 0.717) is 25.2 Å². The van der Waals surface area contributed by atoms with Gasteiger partial charge in [0.05, 0.1) is 17.3 Å². The number of hydrogen-bond acceptors (Lipinski definition) is 6. The molecule has 35 heavy (non-hydrogen) atoms. The van der Waals surface area contributed by atoms with Gasteiger partial charge in [-0.15, -0.1) is 0 Å². The third-order valence-electron chi connectivity index (χ3n) is 6.77. The minimum Gasteiger partial charge on any atom is -0.369 e. The Hall–Kier alpha value is -3.14. The van der Waals surface area contributed by atoms with Crippen LogP contribution in [0.3, 0.4) is 0 Å². The van der Waals surface area contributed by atoms with Gasteiger partial charge in [-0.1, -0.05) is 48.1 Å². The summed E-state index contributed by atoms with van der Waals surface area (Å²) in [6.07, 6.45) is 11.9. The molecule has 3 N–H and O–H groups in total. The van der Waals surface area contributed by atoms with Crippen molar-refractivity contribution in [1.29, 1.82) is 0 Å². The lowest BCUT2D eigenvalue weighted by molar-refractivity contribution is -0.117. The quantitative estimate of drug-likeness (QED) is 0.357. The predicted octanol–water partition coefficient (Wildman–Crippen LogP) is 2.09. The van der Waals surface area contributed by atoms with Gasteiger partial charge in [0.15, 0.2) is 0 Å². The van der Waals surface area contributed by atoms with E-state index in [4.69, 9.17) is 0 Å². The van der Waals surface area contributed by atoms with E-state index in [-0.39, 0.29) is 16.5 Å². The number of hydrogen-bond donors (Lipinski definition) is 3. The fourth-order valence-electron chi connectivity index (χ4n) is 5.11. The van der Waals surface area contributed by atoms with Crippen molar-refractivity contribution in [1.82, 2.24) is 20.4 Å². The second-order valence-electron chi connectivity index (χ2n) is 9.19. The van der Waals surface area contributed by atoms with Crippen molar-refractivity contribution < 1.29 is 17.8 Å². The smallest absolute Gasteiger partial charge is 0.297 e. The van der Waals surface area contributed by atoms with E-state index in [9.17, 15) is 17.8 Å². The average Bonchev–Trinajstić information content (AvgIpc) is 3.47. The molecule has 4 aliphatic heterocycles. The molecule has 0 aliphatic carbocycles. The van der Waals surface area contributed by atoms with Crippen molar-refractivity contribution in [3.05, 3.63) is 93.8 Å². The predicted molar refractivity (Wildman–Crippen MR) is 134 cm³/mol. The number of nitrogens with zero attached hydrogens (tertiary/aromatic N) is 2. The number of nitrogens with one attached hydrogen (secondary N) is 2. The lowest BCUT2D eigenvalue weighted by Gasteiger charge is -2.33. The number of carbonyl (C=O) groups excluding carboxylic acids is 1. The van der Waals surface area contributed by atoms with Crippen LogP contribution in [0.4, 0.5) is 0 Å². The molecule has 0 spiro atoms. The van der Waals surface area contributed by atoms with Crippen LogP contribution in [0.5, 0.6) is 0 Å². The minimum atomic E-state index is -4.60. The van der Waals surface area contributed by atoms with E-state index in [1.54, 1.807) is 23.1 Å². The Morgan fingerprint density at radius 3 is 2.83 bits per heavy atom. The Kier molecular flexibility index (Phi) is 6.64. The molecule has 0 aromatic heterocycles. The van der Waals surface area contributed by atoms with Crippen molar-refractivity contribution in [3.8, 4) is 0 Å². The van der Waals surface area contributed by atoms with Crippen LogP contribution >= 0.6 is 0 Å². The summed E-state index contributed by atoms with van der Waals surface area (Å²) in [6.45, 7) is 3.78. The second-order valence-corrected chi connectivity index (χ2v) is 10.5. The number of allylic oxidation sites excluding steroid dienone is 3. The monoisotopic (exact) mass is 494 g/mol. The highest BCUT2D eigenvalue weighted by atomic mass is 32.2. The summed E-state index contributed by atoms with van der Waals surface area (Å²) >= 11 is 0. The maximum absolute atomic E-state index is 13.0. The van der Waals surface area contributed by atoms with E-state index in [1.165, 1.54) is 11.1 Å². The van der Waals surface area contributed by atoms with Gasteiger partial charge in [0.25, 0.3) is 16.0 Å². The van der Waals surface area contributed by atoms with Crippen molar-refractivity contribution in [2.75, 3.05) is 32.7 Å². The molecular weight excluding hydrogens is 464 g/mol. The average molecular weight is 495 g/mol. The highest BCUT2D eigenvalue weighted by Crippen LogP contribution is 2.37. The van der Waals surface area contributed by atoms with Crippen LogP contribution < -0.4 is 10.6 Å². The zero-order valence-electron chi connectivity index (χ0n) is 19.5. The Labute approximate surface area is 206 Å². The van der Waals surface area contributed by atoms with Gasteiger partial charge in [-0.25, -0.2) is 0 Å². The molecule has 1 amide bonds. The molecule has 4 aliphatic rings. The summed E-state index contributed by atoms with van der Waals surface area (Å²) in [5, 5.41) is 6.07. The van der Waals surface area contributed by atoms with Crippen LogP contribution in [0.15, 0.2) is 88.3 Å². The first-order valence-electron chi connectivity index (χ1n) is 12.0. The summed E-state index contributed by atoms with van der Waals surface area (Å²) in [7, 11) is -4.60. The van der Waals surface area contributed by atoms with Crippen LogP contribution in [0, 0.1) is 0 Å². The van der Waals surface area contributed by atoms with Gasteiger partial charge in [-0.05, 0) is 49.6 Å². The summed E-state index contributed by atoms with van der Waals surface area (Å²) < 4.78 is 34.4. The fraction of sp³-hybridized carbons (Fsp3) is 0.346. The van der Waals surface area contributed by atoms with Crippen molar-refractivity contribution in [2.24, 2.45) is 0 Å². The molecule has 4 heterocycles. The van der Waals surface area contributed by atoms with Gasteiger partial charge in [-0.3, -0.25) is 14.2 Å². The molecule has 9 heteroatoms. The zero-order valence-corrected chi connectivity index (χ0v) is 20.3. The normalized spacial score (nSPS) is 21.3. The second kappa shape index (κ2) is 9.85. The Balaban J connectivity index is 1.14. The van der Waals surface area contributed by atoms with Gasteiger partial charge in [-0.2, -0.15) is 8.42 Å². The van der Waals surface area contributed by atoms with Crippen LogP contribution in [0.25, 0.3) is 0 Å². The highest BCUT2D eigenvalue weighted by molar-refractivity contribution is 7.90. The summed E-state index contributed by atoms with van der Waals surface area (Å²) in [5.41, 5.74) is 2.94. The standard InChI is InChI=1S/C26H30N4O4S/c31-26(22-16-21-17-28-24-10-4-9-23(30(21)24)25(22)35(32,33)34)27-13-11-20-12-15-29(18-20)14-5-8-19-6-2-1-3-7-19/h1-4,6-7,9-10,12,16,21,28H,5,8,11,13-15,17-18H2,(H,27,31)(H,32,33,34). The maximum Gasteiger partial charge on any atom is 0.297 e. The Bertz CT molecular complexity index is 1260. The molecule has 8 nitrogen and oxygen atoms in total. The Morgan fingerprint density at radius 2 is 2.03 bits per heavy atom. The number of benzene rings is 1. The molecule has 184 valence electrons. The zero-order chi connectivity index (χ0) is 24.4. The number of amides is 1.